The van der Waals surface area contributed by atoms with Crippen LogP contribution in [0.1, 0.15) is 37.8 Å². The minimum atomic E-state index is -4.44. The molecule has 1 N–H and O–H groups in total. The average molecular weight is 654 g/mol. The summed E-state index contributed by atoms with van der Waals surface area (Å²) < 4.78 is 60.4. The van der Waals surface area contributed by atoms with Gasteiger partial charge in [0.25, 0.3) is 10.0 Å². The van der Waals surface area contributed by atoms with Crippen LogP contribution in [0.25, 0.3) is 11.6 Å². The number of hydrogen-bond donors (Lipinski definition) is 1. The van der Waals surface area contributed by atoms with Crippen molar-refractivity contribution in [2.75, 3.05) is 24.1 Å². The van der Waals surface area contributed by atoms with Crippen molar-refractivity contribution in [2.24, 2.45) is 0 Å². The molecule has 1 aliphatic heterocycles. The van der Waals surface area contributed by atoms with E-state index in [0.717, 1.165) is 4.31 Å². The third-order valence-electron chi connectivity index (χ3n) is 6.32. The molecule has 0 unspecified atom stereocenters. The Morgan fingerprint density at radius 3 is 2.65 bits per heavy atom. The largest absolute Gasteiger partial charge is 0.486 e. The zero-order chi connectivity index (χ0) is 31.3. The van der Waals surface area contributed by atoms with Crippen molar-refractivity contribution in [1.82, 2.24) is 4.98 Å². The highest BCUT2D eigenvalue weighted by molar-refractivity contribution is 7.93. The molecular formula is C29H27Cl2FN2O8S. The van der Waals surface area contributed by atoms with Gasteiger partial charge >= 0.3 is 11.9 Å². The van der Waals surface area contributed by atoms with Crippen molar-refractivity contribution < 1.29 is 41.7 Å². The van der Waals surface area contributed by atoms with E-state index in [1.165, 1.54) is 31.3 Å². The molecule has 4 rings (SSSR count). The van der Waals surface area contributed by atoms with E-state index < -0.39 is 33.9 Å². The molecule has 1 aliphatic rings. The molecule has 2 heterocycles. The fourth-order valence-corrected chi connectivity index (χ4v) is 6.57. The van der Waals surface area contributed by atoms with Gasteiger partial charge in [0, 0.05) is 25.1 Å². The van der Waals surface area contributed by atoms with E-state index in [0.29, 0.717) is 11.1 Å². The van der Waals surface area contributed by atoms with E-state index >= 15 is 0 Å². The van der Waals surface area contributed by atoms with E-state index in [2.05, 4.69) is 4.98 Å². The molecule has 0 fully saturated rings. The van der Waals surface area contributed by atoms with Gasteiger partial charge in [0.15, 0.2) is 4.90 Å². The third-order valence-corrected chi connectivity index (χ3v) is 8.61. The fraction of sp³-hybridized carbons (Fsp3) is 0.276. The number of aromatic nitrogens is 1. The van der Waals surface area contributed by atoms with Crippen molar-refractivity contribution in [3.63, 3.8) is 0 Å². The summed E-state index contributed by atoms with van der Waals surface area (Å²) in [6.45, 7) is 2.35. The number of carbonyl (C=O) groups is 2. The van der Waals surface area contributed by atoms with Crippen molar-refractivity contribution in [3.8, 4) is 11.6 Å². The number of esters is 1. The molecular weight excluding hydrogens is 626 g/mol. The Kier molecular flexibility index (Phi) is 10.2. The standard InChI is InChI=1S/C29H27Cl2FN2O8S/c1-17(28-22(31)4-3-5-23(28)32)12-19-6-8-25-24(13-19)34(16-21(42-25)7-9-27(36)37)43(38,39)26-14-20(30)15-33-29(26)41-11-10-40-18(2)35/h3-6,8,12-15,21H,7,9-11,16H2,1-2H3,(H,36,37)/t21-/m0/s1. The SMILES string of the molecule is CC(=O)OCCOc1ncc(Cl)cc1S(=O)(=O)N1C[C@H](CCC(=O)O)Oc2ccc(C=C(C)c3c(F)cccc3Cl)cc21. The van der Waals surface area contributed by atoms with E-state index in [9.17, 15) is 27.5 Å². The molecule has 0 aliphatic carbocycles. The third kappa shape index (κ3) is 7.75. The minimum Gasteiger partial charge on any atom is -0.486 e. The minimum absolute atomic E-state index is 0.0240. The van der Waals surface area contributed by atoms with Crippen molar-refractivity contribution in [2.45, 2.75) is 37.7 Å². The number of carboxylic acid groups (broad SMARTS) is 1. The van der Waals surface area contributed by atoms with Crippen LogP contribution in [0.4, 0.5) is 10.1 Å². The van der Waals surface area contributed by atoms with E-state index in [4.69, 9.17) is 37.4 Å². The zero-order valence-corrected chi connectivity index (χ0v) is 25.4. The molecule has 0 bridgehead atoms. The van der Waals surface area contributed by atoms with Gasteiger partial charge in [-0.2, -0.15) is 0 Å². The quantitative estimate of drug-likeness (QED) is 0.154. The number of nitrogens with zero attached hydrogens (tertiary/aromatic N) is 2. The lowest BCUT2D eigenvalue weighted by molar-refractivity contribution is -0.141. The van der Waals surface area contributed by atoms with Crippen LogP contribution in [-0.2, 0) is 24.3 Å². The van der Waals surface area contributed by atoms with Crippen molar-refractivity contribution in [1.29, 1.82) is 0 Å². The summed E-state index contributed by atoms with van der Waals surface area (Å²) in [5.41, 5.74) is 1.37. The number of halogens is 3. The van der Waals surface area contributed by atoms with Crippen LogP contribution < -0.4 is 13.8 Å². The fourth-order valence-electron chi connectivity index (χ4n) is 4.42. The molecule has 0 saturated carbocycles. The van der Waals surface area contributed by atoms with Crippen molar-refractivity contribution >= 4 is 62.5 Å². The van der Waals surface area contributed by atoms with E-state index in [-0.39, 0.29) is 70.4 Å². The molecule has 0 amide bonds. The molecule has 1 atom stereocenters. The molecule has 0 saturated heterocycles. The monoisotopic (exact) mass is 652 g/mol. The number of rotatable bonds is 11. The van der Waals surface area contributed by atoms with Gasteiger partial charge in [-0.15, -0.1) is 0 Å². The van der Waals surface area contributed by atoms with E-state index in [1.807, 2.05) is 0 Å². The number of pyridine rings is 1. The Bertz CT molecular complexity index is 1660. The van der Waals surface area contributed by atoms with Crippen LogP contribution in [0.3, 0.4) is 0 Å². The predicted molar refractivity (Wildman–Crippen MR) is 159 cm³/mol. The Balaban J connectivity index is 1.77. The number of hydrogen-bond acceptors (Lipinski definition) is 8. The van der Waals surface area contributed by atoms with Gasteiger partial charge in [-0.25, -0.2) is 17.8 Å². The number of carbonyl (C=O) groups excluding carboxylic acids is 1. The number of ether oxygens (including phenoxy) is 3. The molecule has 3 aromatic rings. The summed E-state index contributed by atoms with van der Waals surface area (Å²) in [7, 11) is -4.44. The highest BCUT2D eigenvalue weighted by Crippen LogP contribution is 2.41. The van der Waals surface area contributed by atoms with Gasteiger partial charge < -0.3 is 19.3 Å². The summed E-state index contributed by atoms with van der Waals surface area (Å²) in [6.07, 6.45) is 1.85. The second-order valence-electron chi connectivity index (χ2n) is 9.50. The number of allylic oxidation sites excluding steroid dienone is 1. The highest BCUT2D eigenvalue weighted by atomic mass is 35.5. The van der Waals surface area contributed by atoms with Gasteiger partial charge in [-0.3, -0.25) is 13.9 Å². The van der Waals surface area contributed by atoms with Gasteiger partial charge in [-0.05, 0) is 54.8 Å². The highest BCUT2D eigenvalue weighted by Gasteiger charge is 2.37. The molecule has 1 aromatic heterocycles. The van der Waals surface area contributed by atoms with Crippen LogP contribution in [0.5, 0.6) is 11.6 Å². The topological polar surface area (TPSA) is 132 Å². The zero-order valence-electron chi connectivity index (χ0n) is 23.1. The van der Waals surface area contributed by atoms with Crippen LogP contribution in [0, 0.1) is 5.82 Å². The predicted octanol–water partition coefficient (Wildman–Crippen LogP) is 5.85. The maximum Gasteiger partial charge on any atom is 0.303 e. The summed E-state index contributed by atoms with van der Waals surface area (Å²) in [6, 6.07) is 10.3. The smallest absolute Gasteiger partial charge is 0.303 e. The Morgan fingerprint density at radius 1 is 1.19 bits per heavy atom. The van der Waals surface area contributed by atoms with Crippen LogP contribution in [0.2, 0.25) is 10.0 Å². The average Bonchev–Trinajstić information content (AvgIpc) is 2.94. The van der Waals surface area contributed by atoms with Gasteiger partial charge in [-0.1, -0.05) is 41.4 Å². The first kappa shape index (κ1) is 32.1. The first-order chi connectivity index (χ1) is 20.4. The van der Waals surface area contributed by atoms with Gasteiger partial charge in [0.2, 0.25) is 5.88 Å². The molecule has 10 nitrogen and oxygen atoms in total. The number of carboxylic acids is 1. The lowest BCUT2D eigenvalue weighted by atomic mass is 10.0. The molecule has 14 heteroatoms. The molecule has 2 aromatic carbocycles. The molecule has 228 valence electrons. The van der Waals surface area contributed by atoms with Crippen LogP contribution >= 0.6 is 23.2 Å². The Hall–Kier alpha value is -3.87. The first-order valence-corrected chi connectivity index (χ1v) is 15.2. The van der Waals surface area contributed by atoms with E-state index in [1.54, 1.807) is 37.3 Å². The Labute approximate surface area is 257 Å². The Morgan fingerprint density at radius 2 is 1.95 bits per heavy atom. The number of sulfonamides is 1. The molecule has 0 radical (unpaired) electrons. The van der Waals surface area contributed by atoms with Crippen LogP contribution in [-0.4, -0.2) is 56.3 Å². The maximum absolute atomic E-state index is 14.5. The summed E-state index contributed by atoms with van der Waals surface area (Å²) in [5, 5.41) is 9.44. The normalized spacial score (nSPS) is 15.0. The number of aliphatic carboxylic acids is 1. The summed E-state index contributed by atoms with van der Waals surface area (Å²) >= 11 is 12.4. The first-order valence-electron chi connectivity index (χ1n) is 13.0. The maximum atomic E-state index is 14.5. The number of fused-ring (bicyclic) bond motifs is 1. The van der Waals surface area contributed by atoms with Gasteiger partial charge in [0.05, 0.1) is 22.3 Å². The number of anilines is 1. The second kappa shape index (κ2) is 13.6. The van der Waals surface area contributed by atoms with Crippen LogP contribution in [0.15, 0.2) is 53.6 Å². The summed E-state index contributed by atoms with van der Waals surface area (Å²) in [5.74, 6) is -2.18. The molecule has 0 spiro atoms. The summed E-state index contributed by atoms with van der Waals surface area (Å²) in [4.78, 5) is 26.0. The number of benzene rings is 2. The van der Waals surface area contributed by atoms with Crippen molar-refractivity contribution in [3.05, 3.63) is 75.7 Å². The lowest BCUT2D eigenvalue weighted by Gasteiger charge is -2.35. The lowest BCUT2D eigenvalue weighted by Crippen LogP contribution is -2.44. The molecule has 43 heavy (non-hydrogen) atoms. The second-order valence-corrected chi connectivity index (χ2v) is 12.2. The van der Waals surface area contributed by atoms with Gasteiger partial charge in [0.1, 0.15) is 30.9 Å².